The maximum absolute atomic E-state index is 13.6. The molecule has 6 nitrogen and oxygen atoms in total. The second kappa shape index (κ2) is 8.79. The summed E-state index contributed by atoms with van der Waals surface area (Å²) in [5.74, 6) is 0.114. The first-order valence-corrected chi connectivity index (χ1v) is 11.5. The molecule has 1 N–H and O–H groups in total. The van der Waals surface area contributed by atoms with Crippen LogP contribution in [0.4, 0.5) is 5.69 Å². The molecule has 6 heteroatoms. The molecule has 3 heterocycles. The third-order valence-electron chi connectivity index (χ3n) is 6.90. The predicted octanol–water partition coefficient (Wildman–Crippen LogP) is 3.22. The zero-order chi connectivity index (χ0) is 22.1. The first kappa shape index (κ1) is 20.8. The number of hydrogen-bond acceptors (Lipinski definition) is 3. The fourth-order valence-electron chi connectivity index (χ4n) is 5.03. The van der Waals surface area contributed by atoms with Crippen LogP contribution in [-0.2, 0) is 22.4 Å². The number of carbonyl (C=O) groups excluding carboxylic acids is 2. The summed E-state index contributed by atoms with van der Waals surface area (Å²) in [5, 5.41) is 1.16. The molecule has 1 aromatic heterocycles. The van der Waals surface area contributed by atoms with Gasteiger partial charge in [0, 0.05) is 55.4 Å². The molecular weight excluding hydrogens is 400 g/mol. The lowest BCUT2D eigenvalue weighted by Gasteiger charge is -2.41. The number of para-hydroxylation sites is 2. The molecule has 1 fully saturated rings. The molecule has 0 unspecified atom stereocenters. The standard InChI is InChI=1S/C26H30N4O2/c1-28-14-16-29(17-15-28)26(32)24-12-10-19-6-2-5-9-23(19)30(24)25(31)13-11-20-18-27-22-8-4-3-7-21(20)22/h2-9,18,24,27H,10-17H2,1H3/t24-/m1/s1. The number of hydrogen-bond donors (Lipinski definition) is 1. The van der Waals surface area contributed by atoms with Crippen LogP contribution in [0.25, 0.3) is 10.9 Å². The van der Waals surface area contributed by atoms with Crippen molar-refractivity contribution >= 4 is 28.4 Å². The highest BCUT2D eigenvalue weighted by Crippen LogP contribution is 2.32. The van der Waals surface area contributed by atoms with E-state index >= 15 is 0 Å². The average Bonchev–Trinajstić information content (AvgIpc) is 3.25. The van der Waals surface area contributed by atoms with Crippen LogP contribution >= 0.6 is 0 Å². The van der Waals surface area contributed by atoms with Gasteiger partial charge in [-0.3, -0.25) is 14.5 Å². The molecule has 0 radical (unpaired) electrons. The van der Waals surface area contributed by atoms with Crippen molar-refractivity contribution in [2.24, 2.45) is 0 Å². The van der Waals surface area contributed by atoms with Gasteiger partial charge in [0.15, 0.2) is 0 Å². The number of piperazine rings is 1. The van der Waals surface area contributed by atoms with Gasteiger partial charge in [0.05, 0.1) is 0 Å². The Labute approximate surface area is 188 Å². The molecule has 3 aromatic rings. The van der Waals surface area contributed by atoms with E-state index < -0.39 is 6.04 Å². The van der Waals surface area contributed by atoms with Gasteiger partial charge in [-0.2, -0.15) is 0 Å². The molecule has 1 atom stereocenters. The van der Waals surface area contributed by atoms with Gasteiger partial charge < -0.3 is 14.8 Å². The Morgan fingerprint density at radius 3 is 2.59 bits per heavy atom. The van der Waals surface area contributed by atoms with Crippen molar-refractivity contribution in [3.05, 3.63) is 65.9 Å². The van der Waals surface area contributed by atoms with E-state index in [4.69, 9.17) is 0 Å². The highest BCUT2D eigenvalue weighted by molar-refractivity contribution is 6.02. The number of benzene rings is 2. The van der Waals surface area contributed by atoms with Crippen LogP contribution in [0.15, 0.2) is 54.7 Å². The summed E-state index contributed by atoms with van der Waals surface area (Å²) in [6.07, 6.45) is 4.53. The zero-order valence-electron chi connectivity index (χ0n) is 18.6. The minimum atomic E-state index is -0.413. The number of aromatic amines is 1. The average molecular weight is 431 g/mol. The Balaban J connectivity index is 1.38. The normalized spacial score (nSPS) is 19.2. The van der Waals surface area contributed by atoms with Gasteiger partial charge in [-0.15, -0.1) is 0 Å². The molecule has 0 spiro atoms. The lowest BCUT2D eigenvalue weighted by atomic mass is 9.93. The smallest absolute Gasteiger partial charge is 0.245 e. The van der Waals surface area contributed by atoms with Crippen LogP contribution in [0.1, 0.15) is 24.0 Å². The van der Waals surface area contributed by atoms with E-state index in [1.165, 1.54) is 0 Å². The number of nitrogens with zero attached hydrogens (tertiary/aromatic N) is 3. The third-order valence-corrected chi connectivity index (χ3v) is 6.90. The van der Waals surface area contributed by atoms with E-state index in [-0.39, 0.29) is 11.8 Å². The second-order valence-corrected chi connectivity index (χ2v) is 8.93. The fourth-order valence-corrected chi connectivity index (χ4v) is 5.03. The maximum atomic E-state index is 13.6. The summed E-state index contributed by atoms with van der Waals surface area (Å²) in [6.45, 7) is 3.21. The molecule has 5 rings (SSSR count). The predicted molar refractivity (Wildman–Crippen MR) is 127 cm³/mol. The first-order chi connectivity index (χ1) is 15.6. The third kappa shape index (κ3) is 3.91. The van der Waals surface area contributed by atoms with Gasteiger partial charge in [-0.25, -0.2) is 0 Å². The molecule has 0 saturated carbocycles. The summed E-state index contributed by atoms with van der Waals surface area (Å²) in [5.41, 5.74) is 4.27. The van der Waals surface area contributed by atoms with E-state index in [0.717, 1.165) is 60.3 Å². The highest BCUT2D eigenvalue weighted by Gasteiger charge is 2.38. The molecule has 32 heavy (non-hydrogen) atoms. The van der Waals surface area contributed by atoms with Crippen molar-refractivity contribution in [1.29, 1.82) is 0 Å². The van der Waals surface area contributed by atoms with Gasteiger partial charge in [0.2, 0.25) is 11.8 Å². The van der Waals surface area contributed by atoms with Crippen LogP contribution in [0.3, 0.4) is 0 Å². The van der Waals surface area contributed by atoms with E-state index in [9.17, 15) is 9.59 Å². The van der Waals surface area contributed by atoms with Crippen molar-refractivity contribution < 1.29 is 9.59 Å². The van der Waals surface area contributed by atoms with Crippen LogP contribution in [0.5, 0.6) is 0 Å². The SMILES string of the molecule is CN1CCN(C(=O)[C@H]2CCc3ccccc3N2C(=O)CCc2c[nH]c3ccccc23)CC1. The van der Waals surface area contributed by atoms with Crippen molar-refractivity contribution in [1.82, 2.24) is 14.8 Å². The molecule has 2 amide bonds. The maximum Gasteiger partial charge on any atom is 0.245 e. The summed E-state index contributed by atoms with van der Waals surface area (Å²) in [7, 11) is 2.08. The van der Waals surface area contributed by atoms with Crippen molar-refractivity contribution in [2.75, 3.05) is 38.1 Å². The molecule has 0 bridgehead atoms. The molecule has 2 aliphatic rings. The van der Waals surface area contributed by atoms with Crippen molar-refractivity contribution in [2.45, 2.75) is 31.7 Å². The first-order valence-electron chi connectivity index (χ1n) is 11.5. The largest absolute Gasteiger partial charge is 0.361 e. The molecular formula is C26H30N4O2. The van der Waals surface area contributed by atoms with Gasteiger partial charge in [0.25, 0.3) is 0 Å². The molecule has 1 saturated heterocycles. The highest BCUT2D eigenvalue weighted by atomic mass is 16.2. The number of aromatic nitrogens is 1. The number of carbonyl (C=O) groups is 2. The number of rotatable bonds is 4. The Morgan fingerprint density at radius 1 is 1.00 bits per heavy atom. The van der Waals surface area contributed by atoms with Gasteiger partial charge in [0.1, 0.15) is 6.04 Å². The number of H-pyrrole nitrogens is 1. The second-order valence-electron chi connectivity index (χ2n) is 8.93. The number of amides is 2. The topological polar surface area (TPSA) is 59.6 Å². The summed E-state index contributed by atoms with van der Waals surface area (Å²) >= 11 is 0. The Kier molecular flexibility index (Phi) is 5.70. The quantitative estimate of drug-likeness (QED) is 0.691. The lowest BCUT2D eigenvalue weighted by Crippen LogP contribution is -2.57. The Hall–Kier alpha value is -3.12. The molecule has 0 aliphatic carbocycles. The number of anilines is 1. The monoisotopic (exact) mass is 430 g/mol. The number of aryl methyl sites for hydroxylation is 2. The fraction of sp³-hybridized carbons (Fsp3) is 0.385. The van der Waals surface area contributed by atoms with Crippen LogP contribution < -0.4 is 4.90 Å². The summed E-state index contributed by atoms with van der Waals surface area (Å²) < 4.78 is 0. The number of likely N-dealkylation sites (N-methyl/N-ethyl adjacent to an activating group) is 1. The minimum absolute atomic E-state index is 0.0231. The van der Waals surface area contributed by atoms with Crippen molar-refractivity contribution in [3.63, 3.8) is 0 Å². The van der Waals surface area contributed by atoms with E-state index in [1.807, 2.05) is 47.5 Å². The lowest BCUT2D eigenvalue weighted by molar-refractivity contribution is -0.136. The Bertz CT molecular complexity index is 1130. The number of fused-ring (bicyclic) bond motifs is 2. The van der Waals surface area contributed by atoms with Gasteiger partial charge >= 0.3 is 0 Å². The van der Waals surface area contributed by atoms with Gasteiger partial charge in [-0.05, 0) is 49.6 Å². The van der Waals surface area contributed by atoms with E-state index in [1.54, 1.807) is 4.90 Å². The molecule has 166 valence electrons. The summed E-state index contributed by atoms with van der Waals surface area (Å²) in [4.78, 5) is 36.4. The van der Waals surface area contributed by atoms with Crippen LogP contribution in [0.2, 0.25) is 0 Å². The van der Waals surface area contributed by atoms with Crippen LogP contribution in [-0.4, -0.2) is 65.9 Å². The van der Waals surface area contributed by atoms with E-state index in [2.05, 4.69) is 29.1 Å². The van der Waals surface area contributed by atoms with E-state index in [0.29, 0.717) is 19.3 Å². The van der Waals surface area contributed by atoms with Crippen LogP contribution in [0, 0.1) is 0 Å². The zero-order valence-corrected chi connectivity index (χ0v) is 18.6. The minimum Gasteiger partial charge on any atom is -0.361 e. The van der Waals surface area contributed by atoms with Crippen molar-refractivity contribution in [3.8, 4) is 0 Å². The summed E-state index contributed by atoms with van der Waals surface area (Å²) in [6, 6.07) is 15.8. The van der Waals surface area contributed by atoms with Gasteiger partial charge in [-0.1, -0.05) is 36.4 Å². The molecule has 2 aliphatic heterocycles. The number of nitrogens with one attached hydrogen (secondary N) is 1. The molecule has 2 aromatic carbocycles. The Morgan fingerprint density at radius 2 is 1.75 bits per heavy atom.